The van der Waals surface area contributed by atoms with Crippen LogP contribution in [0, 0.1) is 0 Å². The molecular weight excluding hydrogens is 400 g/mol. The zero-order valence-electron chi connectivity index (χ0n) is 16.4. The Labute approximate surface area is 177 Å². The second kappa shape index (κ2) is 9.97. The lowest BCUT2D eigenvalue weighted by molar-refractivity contribution is -0.136. The summed E-state index contributed by atoms with van der Waals surface area (Å²) in [5, 5.41) is 24.0. The molecule has 9 nitrogen and oxygen atoms in total. The quantitative estimate of drug-likeness (QED) is 0.436. The number of benzene rings is 2. The minimum Gasteiger partial charge on any atom is -0.493 e. The normalized spacial score (nSPS) is 10.5. The Bertz CT molecular complexity index is 1030. The maximum absolute atomic E-state index is 12.8. The standard InChI is InChI=1S/C22H20N4O5/c27-17(28)11-12-23-22(31)19-24-13-16(21(30)26-19)20(29)25-18(14-7-3-1-4-8-14)15-9-5-2-6-10-15/h1-10,13,18H,11-12H2,(H,23,31)(H,25,29)(H,27,28)(H,24,26,30). The zero-order valence-corrected chi connectivity index (χ0v) is 16.4. The van der Waals surface area contributed by atoms with Gasteiger partial charge in [-0.15, -0.1) is 0 Å². The SMILES string of the molecule is O=C(O)CCNC(=O)c1ncc(C(=O)NC(c2ccccc2)c2ccccc2)c(O)n1. The molecule has 0 unspecified atom stereocenters. The second-order valence-corrected chi connectivity index (χ2v) is 6.56. The van der Waals surface area contributed by atoms with Crippen molar-refractivity contribution >= 4 is 17.8 Å². The van der Waals surface area contributed by atoms with E-state index in [-0.39, 0.29) is 24.4 Å². The van der Waals surface area contributed by atoms with E-state index in [1.54, 1.807) is 0 Å². The predicted molar refractivity (Wildman–Crippen MR) is 110 cm³/mol. The fourth-order valence-corrected chi connectivity index (χ4v) is 2.86. The molecule has 2 amide bonds. The zero-order chi connectivity index (χ0) is 22.2. The van der Waals surface area contributed by atoms with Crippen molar-refractivity contribution in [1.29, 1.82) is 0 Å². The first-order valence-corrected chi connectivity index (χ1v) is 9.42. The summed E-state index contributed by atoms with van der Waals surface area (Å²) in [5.74, 6) is -3.47. The number of amides is 2. The lowest BCUT2D eigenvalue weighted by Crippen LogP contribution is -2.31. The van der Waals surface area contributed by atoms with Gasteiger partial charge in [-0.05, 0) is 11.1 Å². The Morgan fingerprint density at radius 2 is 1.48 bits per heavy atom. The number of carboxylic acid groups (broad SMARTS) is 1. The van der Waals surface area contributed by atoms with E-state index < -0.39 is 29.7 Å². The number of aromatic hydroxyl groups is 1. The Hall–Kier alpha value is -4.27. The van der Waals surface area contributed by atoms with Gasteiger partial charge >= 0.3 is 5.97 Å². The summed E-state index contributed by atoms with van der Waals surface area (Å²) >= 11 is 0. The van der Waals surface area contributed by atoms with Crippen molar-refractivity contribution in [3.05, 3.63) is 89.4 Å². The molecule has 2 aromatic carbocycles. The third-order valence-electron chi connectivity index (χ3n) is 4.38. The van der Waals surface area contributed by atoms with E-state index in [9.17, 15) is 19.5 Å². The maximum Gasteiger partial charge on any atom is 0.305 e. The summed E-state index contributed by atoms with van der Waals surface area (Å²) in [6.45, 7) is -0.115. The van der Waals surface area contributed by atoms with Gasteiger partial charge in [-0.1, -0.05) is 60.7 Å². The number of carbonyl (C=O) groups is 3. The second-order valence-electron chi connectivity index (χ2n) is 6.56. The van der Waals surface area contributed by atoms with E-state index in [2.05, 4.69) is 20.6 Å². The van der Waals surface area contributed by atoms with Crippen LogP contribution in [-0.2, 0) is 4.79 Å². The number of carboxylic acids is 1. The highest BCUT2D eigenvalue weighted by Crippen LogP contribution is 2.23. The Kier molecular flexibility index (Phi) is 6.89. The van der Waals surface area contributed by atoms with Gasteiger partial charge in [0.25, 0.3) is 11.8 Å². The summed E-state index contributed by atoms with van der Waals surface area (Å²) in [7, 11) is 0. The van der Waals surface area contributed by atoms with E-state index in [4.69, 9.17) is 5.11 Å². The molecule has 4 N–H and O–H groups in total. The van der Waals surface area contributed by atoms with E-state index in [1.807, 2.05) is 60.7 Å². The van der Waals surface area contributed by atoms with Crippen molar-refractivity contribution in [3.8, 4) is 5.88 Å². The van der Waals surface area contributed by atoms with Gasteiger partial charge in [-0.25, -0.2) is 4.98 Å². The lowest BCUT2D eigenvalue weighted by Gasteiger charge is -2.20. The van der Waals surface area contributed by atoms with Crippen LogP contribution in [0.4, 0.5) is 0 Å². The van der Waals surface area contributed by atoms with Gasteiger partial charge in [-0.3, -0.25) is 14.4 Å². The molecule has 3 aromatic rings. The van der Waals surface area contributed by atoms with E-state index in [1.165, 1.54) is 0 Å². The monoisotopic (exact) mass is 420 g/mol. The number of rotatable bonds is 8. The molecule has 0 radical (unpaired) electrons. The topological polar surface area (TPSA) is 142 Å². The van der Waals surface area contributed by atoms with Crippen LogP contribution < -0.4 is 10.6 Å². The lowest BCUT2D eigenvalue weighted by atomic mass is 9.98. The number of aromatic nitrogens is 2. The molecule has 0 aliphatic rings. The number of hydrogen-bond donors (Lipinski definition) is 4. The van der Waals surface area contributed by atoms with Crippen LogP contribution in [0.25, 0.3) is 0 Å². The number of carbonyl (C=O) groups excluding carboxylic acids is 2. The van der Waals surface area contributed by atoms with E-state index in [0.29, 0.717) is 0 Å². The molecule has 0 fully saturated rings. The van der Waals surface area contributed by atoms with Crippen LogP contribution in [-0.4, -0.2) is 44.5 Å². The third-order valence-corrected chi connectivity index (χ3v) is 4.38. The van der Waals surface area contributed by atoms with Crippen molar-refractivity contribution in [2.75, 3.05) is 6.54 Å². The first-order chi connectivity index (χ1) is 15.0. The van der Waals surface area contributed by atoms with Gasteiger partial charge in [0, 0.05) is 12.7 Å². The van der Waals surface area contributed by atoms with Crippen LogP contribution in [0.3, 0.4) is 0 Å². The molecular formula is C22H20N4O5. The molecule has 0 bridgehead atoms. The fraction of sp³-hybridized carbons (Fsp3) is 0.136. The van der Waals surface area contributed by atoms with Crippen LogP contribution in [0.5, 0.6) is 5.88 Å². The van der Waals surface area contributed by atoms with E-state index in [0.717, 1.165) is 17.3 Å². The molecule has 3 rings (SSSR count). The van der Waals surface area contributed by atoms with Crippen molar-refractivity contribution in [3.63, 3.8) is 0 Å². The predicted octanol–water partition coefficient (Wildman–Crippen LogP) is 1.91. The van der Waals surface area contributed by atoms with Crippen molar-refractivity contribution < 1.29 is 24.6 Å². The van der Waals surface area contributed by atoms with Crippen LogP contribution in [0.1, 0.15) is 44.6 Å². The van der Waals surface area contributed by atoms with Gasteiger partial charge in [0.15, 0.2) is 0 Å². The summed E-state index contributed by atoms with van der Waals surface area (Å²) in [5.41, 5.74) is 1.49. The molecule has 1 aromatic heterocycles. The molecule has 158 valence electrons. The molecule has 0 atom stereocenters. The third kappa shape index (κ3) is 5.63. The number of nitrogens with zero attached hydrogens (tertiary/aromatic N) is 2. The number of nitrogens with one attached hydrogen (secondary N) is 2. The summed E-state index contributed by atoms with van der Waals surface area (Å²) < 4.78 is 0. The van der Waals surface area contributed by atoms with Crippen LogP contribution in [0.15, 0.2) is 66.9 Å². The average molecular weight is 420 g/mol. The fourth-order valence-electron chi connectivity index (χ4n) is 2.86. The minimum atomic E-state index is -1.07. The first-order valence-electron chi connectivity index (χ1n) is 9.42. The summed E-state index contributed by atoms with van der Waals surface area (Å²) in [4.78, 5) is 42.8. The van der Waals surface area contributed by atoms with Gasteiger partial charge in [0.05, 0.1) is 12.5 Å². The first kappa shape index (κ1) is 21.4. The summed E-state index contributed by atoms with van der Waals surface area (Å²) in [6, 6.07) is 18.2. The largest absolute Gasteiger partial charge is 0.493 e. The molecule has 31 heavy (non-hydrogen) atoms. The highest BCUT2D eigenvalue weighted by molar-refractivity contribution is 5.97. The van der Waals surface area contributed by atoms with Crippen LogP contribution >= 0.6 is 0 Å². The molecule has 0 spiro atoms. The van der Waals surface area contributed by atoms with Crippen molar-refractivity contribution in [1.82, 2.24) is 20.6 Å². The van der Waals surface area contributed by atoms with Gasteiger partial charge < -0.3 is 20.8 Å². The van der Waals surface area contributed by atoms with Crippen molar-refractivity contribution in [2.24, 2.45) is 0 Å². The maximum atomic E-state index is 12.8. The Balaban J connectivity index is 1.78. The Morgan fingerprint density at radius 3 is 2.00 bits per heavy atom. The average Bonchev–Trinajstić information content (AvgIpc) is 2.78. The molecule has 0 saturated carbocycles. The smallest absolute Gasteiger partial charge is 0.305 e. The molecule has 0 aliphatic carbocycles. The molecule has 1 heterocycles. The highest BCUT2D eigenvalue weighted by Gasteiger charge is 2.22. The highest BCUT2D eigenvalue weighted by atomic mass is 16.4. The molecule has 0 saturated heterocycles. The van der Waals surface area contributed by atoms with Crippen LogP contribution in [0.2, 0.25) is 0 Å². The molecule has 0 aliphatic heterocycles. The van der Waals surface area contributed by atoms with E-state index >= 15 is 0 Å². The van der Waals surface area contributed by atoms with Gasteiger partial charge in [-0.2, -0.15) is 4.98 Å². The van der Waals surface area contributed by atoms with Gasteiger partial charge in [0.2, 0.25) is 11.7 Å². The Morgan fingerprint density at radius 1 is 0.903 bits per heavy atom. The number of hydrogen-bond acceptors (Lipinski definition) is 6. The van der Waals surface area contributed by atoms with Gasteiger partial charge in [0.1, 0.15) is 5.56 Å². The van der Waals surface area contributed by atoms with Crippen molar-refractivity contribution in [2.45, 2.75) is 12.5 Å². The molecule has 9 heteroatoms. The summed E-state index contributed by atoms with van der Waals surface area (Å²) in [6.07, 6.45) is 0.787. The number of aliphatic carboxylic acids is 1. The minimum absolute atomic E-state index is 0.115.